The van der Waals surface area contributed by atoms with Gasteiger partial charge < -0.3 is 5.73 Å². The predicted molar refractivity (Wildman–Crippen MR) is 85.0 cm³/mol. The molecular formula is C15H15ClN2O3S. The van der Waals surface area contributed by atoms with E-state index in [0.29, 0.717) is 18.0 Å². The number of amides is 1. The number of hydrogen-bond donors (Lipinski definition) is 1. The first-order valence-corrected chi connectivity index (χ1v) is 8.68. The first-order valence-electron chi connectivity index (χ1n) is 6.87. The van der Waals surface area contributed by atoms with Crippen LogP contribution < -0.4 is 5.73 Å². The summed E-state index contributed by atoms with van der Waals surface area (Å²) < 4.78 is 26.6. The van der Waals surface area contributed by atoms with Crippen molar-refractivity contribution in [1.29, 1.82) is 0 Å². The summed E-state index contributed by atoms with van der Waals surface area (Å²) in [6, 6.07) is 10.2. The van der Waals surface area contributed by atoms with Gasteiger partial charge in [-0.2, -0.15) is 4.31 Å². The van der Waals surface area contributed by atoms with Gasteiger partial charge in [0.1, 0.15) is 0 Å². The highest BCUT2D eigenvalue weighted by Gasteiger charge is 2.34. The number of rotatable bonds is 3. The third-order valence-electron chi connectivity index (χ3n) is 3.96. The summed E-state index contributed by atoms with van der Waals surface area (Å²) in [5.74, 6) is -0.861. The van der Waals surface area contributed by atoms with E-state index in [1.807, 2.05) is 0 Å². The summed E-state index contributed by atoms with van der Waals surface area (Å²) in [5.41, 5.74) is 5.26. The largest absolute Gasteiger partial charge is 0.369 e. The van der Waals surface area contributed by atoms with Crippen molar-refractivity contribution < 1.29 is 13.2 Å². The van der Waals surface area contributed by atoms with E-state index >= 15 is 0 Å². The Morgan fingerprint density at radius 2 is 1.86 bits per heavy atom. The molecule has 3 rings (SSSR count). The molecule has 116 valence electrons. The lowest BCUT2D eigenvalue weighted by Gasteiger charge is -2.16. The van der Waals surface area contributed by atoms with Crippen LogP contribution in [0.1, 0.15) is 6.42 Å². The molecule has 2 N–H and O–H groups in total. The van der Waals surface area contributed by atoms with Crippen molar-refractivity contribution in [2.24, 2.45) is 11.7 Å². The predicted octanol–water partition coefficient (Wildman–Crippen LogP) is 1.99. The van der Waals surface area contributed by atoms with Crippen LogP contribution in [0.2, 0.25) is 5.02 Å². The molecule has 0 aromatic heterocycles. The molecule has 1 unspecified atom stereocenters. The third-order valence-corrected chi connectivity index (χ3v) is 6.06. The Hall–Kier alpha value is -1.63. The lowest BCUT2D eigenvalue weighted by atomic mass is 10.1. The van der Waals surface area contributed by atoms with Crippen LogP contribution in [0.4, 0.5) is 0 Å². The van der Waals surface area contributed by atoms with Gasteiger partial charge in [0, 0.05) is 18.1 Å². The second-order valence-corrected chi connectivity index (χ2v) is 7.78. The molecule has 1 heterocycles. The Morgan fingerprint density at radius 1 is 1.18 bits per heavy atom. The van der Waals surface area contributed by atoms with Crippen LogP contribution in [0.25, 0.3) is 10.8 Å². The molecular weight excluding hydrogens is 324 g/mol. The van der Waals surface area contributed by atoms with Gasteiger partial charge in [-0.25, -0.2) is 8.42 Å². The van der Waals surface area contributed by atoms with Crippen LogP contribution in [0, 0.1) is 5.92 Å². The number of carbonyl (C=O) groups is 1. The Balaban J connectivity index is 1.96. The minimum absolute atomic E-state index is 0.149. The van der Waals surface area contributed by atoms with Gasteiger partial charge >= 0.3 is 0 Å². The van der Waals surface area contributed by atoms with E-state index in [1.54, 1.807) is 36.4 Å². The van der Waals surface area contributed by atoms with E-state index in [0.717, 1.165) is 10.8 Å². The summed E-state index contributed by atoms with van der Waals surface area (Å²) in [6.07, 6.45) is 0.470. The SMILES string of the molecule is NC(=O)C1CCN(S(=O)(=O)c2ccc3cc(Cl)ccc3c2)C1. The lowest BCUT2D eigenvalue weighted by Crippen LogP contribution is -2.31. The van der Waals surface area contributed by atoms with Gasteiger partial charge in [0.05, 0.1) is 10.8 Å². The molecule has 2 aromatic carbocycles. The van der Waals surface area contributed by atoms with E-state index in [1.165, 1.54) is 4.31 Å². The van der Waals surface area contributed by atoms with E-state index in [-0.39, 0.29) is 11.4 Å². The van der Waals surface area contributed by atoms with Crippen LogP contribution >= 0.6 is 11.6 Å². The molecule has 1 saturated heterocycles. The molecule has 1 atom stereocenters. The number of hydrogen-bond acceptors (Lipinski definition) is 3. The van der Waals surface area contributed by atoms with Crippen molar-refractivity contribution in [3.8, 4) is 0 Å². The molecule has 0 spiro atoms. The first-order chi connectivity index (χ1) is 10.4. The van der Waals surface area contributed by atoms with Crippen LogP contribution in [0.15, 0.2) is 41.3 Å². The monoisotopic (exact) mass is 338 g/mol. The molecule has 2 aromatic rings. The number of fused-ring (bicyclic) bond motifs is 1. The highest BCUT2D eigenvalue weighted by molar-refractivity contribution is 7.89. The Bertz CT molecular complexity index is 851. The van der Waals surface area contributed by atoms with E-state index in [4.69, 9.17) is 17.3 Å². The normalized spacial score (nSPS) is 19.6. The van der Waals surface area contributed by atoms with E-state index < -0.39 is 21.8 Å². The van der Waals surface area contributed by atoms with Crippen LogP contribution in [-0.4, -0.2) is 31.7 Å². The third kappa shape index (κ3) is 2.69. The van der Waals surface area contributed by atoms with Crippen molar-refractivity contribution >= 4 is 38.3 Å². The molecule has 0 bridgehead atoms. The molecule has 5 nitrogen and oxygen atoms in total. The van der Waals surface area contributed by atoms with Gasteiger partial charge in [-0.15, -0.1) is 0 Å². The first kappa shape index (κ1) is 15.3. The Labute approximate surface area is 133 Å². The molecule has 0 saturated carbocycles. The van der Waals surface area contributed by atoms with Gasteiger partial charge in [0.2, 0.25) is 15.9 Å². The topological polar surface area (TPSA) is 80.5 Å². The number of halogens is 1. The average molecular weight is 339 g/mol. The van der Waals surface area contributed by atoms with Crippen molar-refractivity contribution in [2.75, 3.05) is 13.1 Å². The summed E-state index contributed by atoms with van der Waals surface area (Å²) >= 11 is 5.93. The van der Waals surface area contributed by atoms with Gasteiger partial charge in [0.15, 0.2) is 0 Å². The van der Waals surface area contributed by atoms with Gasteiger partial charge in [0.25, 0.3) is 0 Å². The highest BCUT2D eigenvalue weighted by atomic mass is 35.5. The summed E-state index contributed by atoms with van der Waals surface area (Å²) in [7, 11) is -3.61. The van der Waals surface area contributed by atoms with Crippen LogP contribution in [0.3, 0.4) is 0 Å². The molecule has 22 heavy (non-hydrogen) atoms. The van der Waals surface area contributed by atoms with Crippen LogP contribution in [-0.2, 0) is 14.8 Å². The van der Waals surface area contributed by atoms with Crippen molar-refractivity contribution in [1.82, 2.24) is 4.31 Å². The van der Waals surface area contributed by atoms with Gasteiger partial charge in [-0.05, 0) is 41.5 Å². The number of benzene rings is 2. The molecule has 0 aliphatic carbocycles. The maximum Gasteiger partial charge on any atom is 0.243 e. The summed E-state index contributed by atoms with van der Waals surface area (Å²) in [4.78, 5) is 11.4. The molecule has 7 heteroatoms. The Morgan fingerprint density at radius 3 is 2.55 bits per heavy atom. The van der Waals surface area contributed by atoms with E-state index in [2.05, 4.69) is 0 Å². The van der Waals surface area contributed by atoms with Crippen molar-refractivity contribution in [2.45, 2.75) is 11.3 Å². The minimum Gasteiger partial charge on any atom is -0.369 e. The fraction of sp³-hybridized carbons (Fsp3) is 0.267. The maximum atomic E-state index is 12.7. The smallest absolute Gasteiger partial charge is 0.243 e. The quantitative estimate of drug-likeness (QED) is 0.929. The zero-order valence-electron chi connectivity index (χ0n) is 11.7. The lowest BCUT2D eigenvalue weighted by molar-refractivity contribution is -0.121. The van der Waals surface area contributed by atoms with Crippen molar-refractivity contribution in [3.05, 3.63) is 41.4 Å². The van der Waals surface area contributed by atoms with Crippen LogP contribution in [0.5, 0.6) is 0 Å². The molecule has 1 fully saturated rings. The second-order valence-electron chi connectivity index (χ2n) is 5.40. The summed E-state index contributed by atoms with van der Waals surface area (Å²) in [6.45, 7) is 0.463. The zero-order chi connectivity index (χ0) is 15.9. The summed E-state index contributed by atoms with van der Waals surface area (Å²) in [5, 5.41) is 2.28. The number of nitrogens with zero attached hydrogens (tertiary/aromatic N) is 1. The molecule has 1 amide bonds. The number of primary amides is 1. The molecule has 1 aliphatic rings. The van der Waals surface area contributed by atoms with E-state index in [9.17, 15) is 13.2 Å². The molecule has 1 aliphatic heterocycles. The fourth-order valence-corrected chi connectivity index (χ4v) is 4.40. The highest BCUT2D eigenvalue weighted by Crippen LogP contribution is 2.27. The average Bonchev–Trinajstić information content (AvgIpc) is 2.97. The minimum atomic E-state index is -3.61. The maximum absolute atomic E-state index is 12.7. The second kappa shape index (κ2) is 5.53. The number of nitrogens with two attached hydrogens (primary N) is 1. The van der Waals surface area contributed by atoms with Gasteiger partial charge in [-0.1, -0.05) is 23.7 Å². The zero-order valence-corrected chi connectivity index (χ0v) is 13.3. The van der Waals surface area contributed by atoms with Crippen molar-refractivity contribution in [3.63, 3.8) is 0 Å². The molecule has 0 radical (unpaired) electrons. The Kier molecular flexibility index (Phi) is 3.84. The fourth-order valence-electron chi connectivity index (χ4n) is 2.68. The number of carbonyl (C=O) groups excluding carboxylic acids is 1. The number of sulfonamides is 1. The van der Waals surface area contributed by atoms with Gasteiger partial charge in [-0.3, -0.25) is 4.79 Å². The standard InChI is InChI=1S/C15H15ClN2O3S/c16-13-3-1-11-8-14(4-2-10(11)7-13)22(20,21)18-6-5-12(9-18)15(17)19/h1-4,7-8,12H,5-6,9H2,(H2,17,19).